The standard InChI is InChI=1S/C16H21N3O/c1-17-10-13-5-3-4-12-8-9-19(16(12)13)11-15(20)18(2)14-6-7-14/h3-5,8-9,14,17H,6-7,10-11H2,1-2H3. The highest BCUT2D eigenvalue weighted by molar-refractivity contribution is 5.85. The monoisotopic (exact) mass is 271 g/mol. The number of hydrogen-bond acceptors (Lipinski definition) is 2. The number of benzene rings is 1. The molecule has 0 bridgehead atoms. The average molecular weight is 271 g/mol. The second kappa shape index (κ2) is 5.29. The summed E-state index contributed by atoms with van der Waals surface area (Å²) >= 11 is 0. The molecule has 4 heteroatoms. The molecule has 1 fully saturated rings. The van der Waals surface area contributed by atoms with Gasteiger partial charge in [-0.2, -0.15) is 0 Å². The van der Waals surface area contributed by atoms with E-state index in [1.165, 1.54) is 16.5 Å². The van der Waals surface area contributed by atoms with Crippen molar-refractivity contribution in [2.24, 2.45) is 0 Å². The minimum atomic E-state index is 0.198. The van der Waals surface area contributed by atoms with Gasteiger partial charge in [0.25, 0.3) is 0 Å². The maximum Gasteiger partial charge on any atom is 0.242 e. The summed E-state index contributed by atoms with van der Waals surface area (Å²) < 4.78 is 2.07. The van der Waals surface area contributed by atoms with Gasteiger partial charge in [0.1, 0.15) is 6.54 Å². The molecule has 1 amide bonds. The van der Waals surface area contributed by atoms with Crippen LogP contribution in [0, 0.1) is 0 Å². The zero-order chi connectivity index (χ0) is 14.1. The molecule has 0 spiro atoms. The summed E-state index contributed by atoms with van der Waals surface area (Å²) in [6.07, 6.45) is 4.32. The van der Waals surface area contributed by atoms with E-state index in [4.69, 9.17) is 0 Å². The largest absolute Gasteiger partial charge is 0.341 e. The molecular weight excluding hydrogens is 250 g/mol. The van der Waals surface area contributed by atoms with Gasteiger partial charge in [0.15, 0.2) is 0 Å². The number of fused-ring (bicyclic) bond motifs is 1. The molecule has 1 aliphatic rings. The van der Waals surface area contributed by atoms with Crippen LogP contribution in [0.15, 0.2) is 30.5 Å². The number of amides is 1. The van der Waals surface area contributed by atoms with E-state index >= 15 is 0 Å². The molecule has 1 heterocycles. The molecule has 0 atom stereocenters. The summed E-state index contributed by atoms with van der Waals surface area (Å²) in [5.41, 5.74) is 2.40. The predicted molar refractivity (Wildman–Crippen MR) is 80.5 cm³/mol. The summed E-state index contributed by atoms with van der Waals surface area (Å²) in [7, 11) is 3.86. The van der Waals surface area contributed by atoms with Gasteiger partial charge in [0.05, 0.1) is 5.52 Å². The number of carbonyl (C=O) groups is 1. The highest BCUT2D eigenvalue weighted by atomic mass is 16.2. The van der Waals surface area contributed by atoms with Crippen molar-refractivity contribution in [2.75, 3.05) is 14.1 Å². The van der Waals surface area contributed by atoms with Gasteiger partial charge < -0.3 is 14.8 Å². The quantitative estimate of drug-likeness (QED) is 0.903. The molecule has 20 heavy (non-hydrogen) atoms. The van der Waals surface area contributed by atoms with Crippen LogP contribution in [0.2, 0.25) is 0 Å². The van der Waals surface area contributed by atoms with Crippen molar-refractivity contribution in [2.45, 2.75) is 32.0 Å². The molecule has 0 radical (unpaired) electrons. The Morgan fingerprint density at radius 3 is 2.90 bits per heavy atom. The van der Waals surface area contributed by atoms with Crippen molar-refractivity contribution in [3.8, 4) is 0 Å². The molecule has 0 saturated heterocycles. The molecule has 0 unspecified atom stereocenters. The lowest BCUT2D eigenvalue weighted by molar-refractivity contribution is -0.130. The zero-order valence-corrected chi connectivity index (χ0v) is 12.1. The van der Waals surface area contributed by atoms with E-state index in [0.717, 1.165) is 19.4 Å². The Kier molecular flexibility index (Phi) is 3.49. The fraction of sp³-hybridized carbons (Fsp3) is 0.438. The van der Waals surface area contributed by atoms with E-state index in [0.29, 0.717) is 12.6 Å². The average Bonchev–Trinajstić information content (AvgIpc) is 3.21. The van der Waals surface area contributed by atoms with Crippen LogP contribution in [0.4, 0.5) is 0 Å². The number of aromatic nitrogens is 1. The van der Waals surface area contributed by atoms with Crippen LogP contribution >= 0.6 is 0 Å². The Morgan fingerprint density at radius 2 is 2.20 bits per heavy atom. The van der Waals surface area contributed by atoms with E-state index < -0.39 is 0 Å². The highest BCUT2D eigenvalue weighted by Gasteiger charge is 2.29. The van der Waals surface area contributed by atoms with Gasteiger partial charge in [-0.15, -0.1) is 0 Å². The predicted octanol–water partition coefficient (Wildman–Crippen LogP) is 1.98. The van der Waals surface area contributed by atoms with Crippen LogP contribution in [-0.2, 0) is 17.9 Å². The Balaban J connectivity index is 1.88. The summed E-state index contributed by atoms with van der Waals surface area (Å²) in [5.74, 6) is 0.198. The van der Waals surface area contributed by atoms with Crippen molar-refractivity contribution in [1.82, 2.24) is 14.8 Å². The normalized spacial score (nSPS) is 14.7. The Hall–Kier alpha value is -1.81. The molecule has 3 rings (SSSR count). The third-order valence-electron chi connectivity index (χ3n) is 4.03. The smallest absolute Gasteiger partial charge is 0.242 e. The third-order valence-corrected chi connectivity index (χ3v) is 4.03. The van der Waals surface area contributed by atoms with E-state index in [9.17, 15) is 4.79 Å². The van der Waals surface area contributed by atoms with Gasteiger partial charge in [-0.25, -0.2) is 0 Å². The van der Waals surface area contributed by atoms with Crippen LogP contribution < -0.4 is 5.32 Å². The van der Waals surface area contributed by atoms with Crippen molar-refractivity contribution in [1.29, 1.82) is 0 Å². The first kappa shape index (κ1) is 13.2. The SMILES string of the molecule is CNCc1cccc2ccn(CC(=O)N(C)C3CC3)c12. The van der Waals surface area contributed by atoms with Gasteiger partial charge >= 0.3 is 0 Å². The Morgan fingerprint density at radius 1 is 1.40 bits per heavy atom. The van der Waals surface area contributed by atoms with Crippen LogP contribution in [0.1, 0.15) is 18.4 Å². The summed E-state index contributed by atoms with van der Waals surface area (Å²) in [6.45, 7) is 1.24. The third kappa shape index (κ3) is 2.43. The first-order valence-electron chi connectivity index (χ1n) is 7.17. The molecular formula is C16H21N3O. The Labute approximate surface area is 119 Å². The van der Waals surface area contributed by atoms with Crippen molar-refractivity contribution >= 4 is 16.8 Å². The molecule has 1 saturated carbocycles. The number of hydrogen-bond donors (Lipinski definition) is 1. The van der Waals surface area contributed by atoms with E-state index in [-0.39, 0.29) is 5.91 Å². The molecule has 2 aromatic rings. The van der Waals surface area contributed by atoms with E-state index in [1.807, 2.05) is 25.2 Å². The number of nitrogens with one attached hydrogen (secondary N) is 1. The van der Waals surface area contributed by atoms with Gasteiger partial charge in [-0.1, -0.05) is 18.2 Å². The van der Waals surface area contributed by atoms with Gasteiger partial charge in [-0.3, -0.25) is 4.79 Å². The number of para-hydroxylation sites is 1. The second-order valence-electron chi connectivity index (χ2n) is 5.56. The van der Waals surface area contributed by atoms with E-state index in [2.05, 4.69) is 34.1 Å². The molecule has 1 aliphatic carbocycles. The van der Waals surface area contributed by atoms with E-state index in [1.54, 1.807) is 0 Å². The second-order valence-corrected chi connectivity index (χ2v) is 5.56. The minimum Gasteiger partial charge on any atom is -0.341 e. The number of nitrogens with zero attached hydrogens (tertiary/aromatic N) is 2. The Bertz CT molecular complexity index is 628. The summed E-state index contributed by atoms with van der Waals surface area (Å²) in [4.78, 5) is 14.2. The number of likely N-dealkylation sites (N-methyl/N-ethyl adjacent to an activating group) is 1. The maximum atomic E-state index is 12.3. The number of rotatable bonds is 5. The van der Waals surface area contributed by atoms with Gasteiger partial charge in [-0.05, 0) is 36.9 Å². The highest BCUT2D eigenvalue weighted by Crippen LogP contribution is 2.26. The fourth-order valence-corrected chi connectivity index (χ4v) is 2.73. The van der Waals surface area contributed by atoms with Crippen LogP contribution in [0.3, 0.4) is 0 Å². The zero-order valence-electron chi connectivity index (χ0n) is 12.1. The number of carbonyl (C=O) groups excluding carboxylic acids is 1. The first-order chi connectivity index (χ1) is 9.70. The molecule has 4 nitrogen and oxygen atoms in total. The lowest BCUT2D eigenvalue weighted by atomic mass is 10.1. The molecule has 0 aliphatic heterocycles. The molecule has 1 aromatic heterocycles. The summed E-state index contributed by atoms with van der Waals surface area (Å²) in [6, 6.07) is 8.84. The first-order valence-corrected chi connectivity index (χ1v) is 7.17. The lowest BCUT2D eigenvalue weighted by Crippen LogP contribution is -2.31. The topological polar surface area (TPSA) is 37.3 Å². The fourth-order valence-electron chi connectivity index (χ4n) is 2.73. The van der Waals surface area contributed by atoms with Crippen molar-refractivity contribution in [3.63, 3.8) is 0 Å². The molecule has 106 valence electrons. The van der Waals surface area contributed by atoms with Gasteiger partial charge in [0.2, 0.25) is 5.91 Å². The minimum absolute atomic E-state index is 0.198. The molecule has 1 N–H and O–H groups in total. The lowest BCUT2D eigenvalue weighted by Gasteiger charge is -2.17. The maximum absolute atomic E-state index is 12.3. The van der Waals surface area contributed by atoms with Crippen molar-refractivity contribution < 1.29 is 4.79 Å². The van der Waals surface area contributed by atoms with Crippen LogP contribution in [0.5, 0.6) is 0 Å². The van der Waals surface area contributed by atoms with Crippen LogP contribution in [-0.4, -0.2) is 35.5 Å². The van der Waals surface area contributed by atoms with Gasteiger partial charge in [0, 0.05) is 25.8 Å². The van der Waals surface area contributed by atoms with Crippen molar-refractivity contribution in [3.05, 3.63) is 36.0 Å². The molecule has 1 aromatic carbocycles. The summed E-state index contributed by atoms with van der Waals surface area (Å²) in [5, 5.41) is 4.38. The van der Waals surface area contributed by atoms with Crippen LogP contribution in [0.25, 0.3) is 10.9 Å².